The maximum Gasteiger partial charge on any atom is 0.224 e. The highest BCUT2D eigenvalue weighted by molar-refractivity contribution is 5.94. The van der Waals surface area contributed by atoms with Crippen LogP contribution in [-0.4, -0.2) is 24.1 Å². The van der Waals surface area contributed by atoms with E-state index >= 15 is 0 Å². The van der Waals surface area contributed by atoms with E-state index in [9.17, 15) is 0 Å². The molecule has 0 unspecified atom stereocenters. The van der Waals surface area contributed by atoms with Crippen LogP contribution in [0.4, 0.5) is 17.5 Å². The molecule has 0 saturated carbocycles. The lowest BCUT2D eigenvalue weighted by atomic mass is 10.0. The smallest absolute Gasteiger partial charge is 0.224 e. The summed E-state index contributed by atoms with van der Waals surface area (Å²) >= 11 is 0. The minimum atomic E-state index is 0.592. The predicted octanol–water partition coefficient (Wildman–Crippen LogP) is 6.66. The number of hydrogen-bond acceptors (Lipinski definition) is 5. The summed E-state index contributed by atoms with van der Waals surface area (Å²) in [5.74, 6) is 2.21. The third-order valence-electron chi connectivity index (χ3n) is 5.15. The number of nitrogens with zero attached hydrogens (tertiary/aromatic N) is 2. The Morgan fingerprint density at radius 3 is 2.45 bits per heavy atom. The van der Waals surface area contributed by atoms with Crippen LogP contribution in [-0.2, 0) is 6.42 Å². The van der Waals surface area contributed by atoms with Gasteiger partial charge in [0.25, 0.3) is 0 Å². The van der Waals surface area contributed by atoms with Gasteiger partial charge in [-0.05, 0) is 75.9 Å². The van der Waals surface area contributed by atoms with E-state index in [0.717, 1.165) is 47.4 Å². The summed E-state index contributed by atoms with van der Waals surface area (Å²) in [5.41, 5.74) is 5.84. The first-order valence-corrected chi connectivity index (χ1v) is 10.7. The minimum Gasteiger partial charge on any atom is -0.497 e. The predicted molar refractivity (Wildman–Crippen MR) is 131 cm³/mol. The molecule has 0 aliphatic rings. The van der Waals surface area contributed by atoms with Gasteiger partial charge in [-0.3, -0.25) is 0 Å². The van der Waals surface area contributed by atoms with Crippen LogP contribution in [0.1, 0.15) is 39.2 Å². The largest absolute Gasteiger partial charge is 0.497 e. The standard InChI is InChI=1S/C26H32N4O/c1-18(2)8-6-9-19(3)12-13-20-10-7-11-23-24(20)25(30-26(27-4)29-23)28-21-14-16-22(31-5)17-15-21/h7-8,10-12,14-17H,6,9,13H2,1-5H3,(H2,27,28,29,30). The lowest BCUT2D eigenvalue weighted by Gasteiger charge is -2.14. The van der Waals surface area contributed by atoms with Crippen LogP contribution < -0.4 is 15.4 Å². The molecule has 0 fully saturated rings. The molecule has 2 N–H and O–H groups in total. The molecule has 31 heavy (non-hydrogen) atoms. The van der Waals surface area contributed by atoms with Crippen LogP contribution in [0, 0.1) is 0 Å². The first-order chi connectivity index (χ1) is 15.0. The van der Waals surface area contributed by atoms with Gasteiger partial charge in [0.05, 0.1) is 12.6 Å². The fourth-order valence-electron chi connectivity index (χ4n) is 3.41. The van der Waals surface area contributed by atoms with Crippen molar-refractivity contribution in [2.24, 2.45) is 0 Å². The molecule has 162 valence electrons. The molecule has 0 aliphatic carbocycles. The van der Waals surface area contributed by atoms with Crippen LogP contribution >= 0.6 is 0 Å². The van der Waals surface area contributed by atoms with Crippen molar-refractivity contribution >= 4 is 28.4 Å². The van der Waals surface area contributed by atoms with Crippen LogP contribution in [0.2, 0.25) is 0 Å². The maximum absolute atomic E-state index is 5.27. The van der Waals surface area contributed by atoms with Crippen LogP contribution in [0.3, 0.4) is 0 Å². The Morgan fingerprint density at radius 2 is 1.77 bits per heavy atom. The summed E-state index contributed by atoms with van der Waals surface area (Å²) in [5, 5.41) is 7.59. The molecular formula is C26H32N4O. The van der Waals surface area contributed by atoms with E-state index in [1.54, 1.807) is 7.11 Å². The fourth-order valence-corrected chi connectivity index (χ4v) is 3.41. The Balaban J connectivity index is 1.93. The molecule has 0 amide bonds. The molecule has 0 saturated heterocycles. The summed E-state index contributed by atoms with van der Waals surface area (Å²) in [6.07, 6.45) is 7.61. The Labute approximate surface area is 185 Å². The molecule has 3 aromatic rings. The maximum atomic E-state index is 5.27. The number of benzene rings is 2. The highest BCUT2D eigenvalue weighted by atomic mass is 16.5. The number of ether oxygens (including phenoxy) is 1. The molecule has 0 atom stereocenters. The van der Waals surface area contributed by atoms with E-state index in [2.05, 4.69) is 60.7 Å². The van der Waals surface area contributed by atoms with E-state index in [4.69, 9.17) is 9.72 Å². The molecule has 1 heterocycles. The molecule has 0 aliphatic heterocycles. The molecule has 0 spiro atoms. The lowest BCUT2D eigenvalue weighted by molar-refractivity contribution is 0.415. The van der Waals surface area contributed by atoms with Crippen molar-refractivity contribution in [3.05, 3.63) is 71.3 Å². The Kier molecular flexibility index (Phi) is 7.65. The number of hydrogen-bond donors (Lipinski definition) is 2. The third kappa shape index (κ3) is 6.07. The van der Waals surface area contributed by atoms with Gasteiger partial charge in [-0.2, -0.15) is 4.98 Å². The number of nitrogens with one attached hydrogen (secondary N) is 2. The summed E-state index contributed by atoms with van der Waals surface area (Å²) in [4.78, 5) is 9.39. The number of rotatable bonds is 9. The van der Waals surface area contributed by atoms with Crippen molar-refractivity contribution in [2.45, 2.75) is 40.0 Å². The normalized spacial score (nSPS) is 11.3. The van der Waals surface area contributed by atoms with Crippen molar-refractivity contribution in [3.63, 3.8) is 0 Å². The molecule has 2 aromatic carbocycles. The zero-order chi connectivity index (χ0) is 22.2. The summed E-state index contributed by atoms with van der Waals surface area (Å²) in [7, 11) is 3.50. The van der Waals surface area contributed by atoms with Gasteiger partial charge in [-0.25, -0.2) is 4.98 Å². The number of allylic oxidation sites excluding steroid dienone is 4. The van der Waals surface area contributed by atoms with Crippen LogP contribution in [0.15, 0.2) is 65.8 Å². The summed E-state index contributed by atoms with van der Waals surface area (Å²) in [6.45, 7) is 6.49. The van der Waals surface area contributed by atoms with Gasteiger partial charge in [0.1, 0.15) is 11.6 Å². The van der Waals surface area contributed by atoms with E-state index in [1.807, 2.05) is 37.4 Å². The average Bonchev–Trinajstić information content (AvgIpc) is 2.77. The van der Waals surface area contributed by atoms with Crippen molar-refractivity contribution < 1.29 is 4.74 Å². The van der Waals surface area contributed by atoms with Gasteiger partial charge in [0.2, 0.25) is 5.95 Å². The van der Waals surface area contributed by atoms with E-state index in [-0.39, 0.29) is 0 Å². The quantitative estimate of drug-likeness (QED) is 0.382. The molecular weight excluding hydrogens is 384 g/mol. The molecule has 5 nitrogen and oxygen atoms in total. The number of anilines is 3. The van der Waals surface area contributed by atoms with E-state index < -0.39 is 0 Å². The average molecular weight is 417 g/mol. The zero-order valence-electron chi connectivity index (χ0n) is 19.1. The molecule has 3 rings (SSSR count). The topological polar surface area (TPSA) is 59.1 Å². The zero-order valence-corrected chi connectivity index (χ0v) is 19.1. The SMILES string of the molecule is CNc1nc(Nc2ccc(OC)cc2)c2c(CC=C(C)CCC=C(C)C)cccc2n1. The summed E-state index contributed by atoms with van der Waals surface area (Å²) in [6, 6.07) is 14.1. The highest BCUT2D eigenvalue weighted by Crippen LogP contribution is 2.30. The van der Waals surface area contributed by atoms with Crippen molar-refractivity contribution in [1.82, 2.24) is 9.97 Å². The van der Waals surface area contributed by atoms with Crippen molar-refractivity contribution in [2.75, 3.05) is 24.8 Å². The van der Waals surface area contributed by atoms with Gasteiger partial charge >= 0.3 is 0 Å². The van der Waals surface area contributed by atoms with Crippen LogP contribution in [0.5, 0.6) is 5.75 Å². The van der Waals surface area contributed by atoms with Crippen molar-refractivity contribution in [3.8, 4) is 5.75 Å². The molecule has 0 radical (unpaired) electrons. The van der Waals surface area contributed by atoms with Gasteiger partial charge in [-0.15, -0.1) is 0 Å². The fraction of sp³-hybridized carbons (Fsp3) is 0.308. The first-order valence-electron chi connectivity index (χ1n) is 10.7. The number of fused-ring (bicyclic) bond motifs is 1. The van der Waals surface area contributed by atoms with Crippen molar-refractivity contribution in [1.29, 1.82) is 0 Å². The molecule has 0 bridgehead atoms. The monoisotopic (exact) mass is 416 g/mol. The van der Waals surface area contributed by atoms with Crippen LogP contribution in [0.25, 0.3) is 10.9 Å². The summed E-state index contributed by atoms with van der Waals surface area (Å²) < 4.78 is 5.27. The highest BCUT2D eigenvalue weighted by Gasteiger charge is 2.11. The van der Waals surface area contributed by atoms with E-state index in [1.165, 1.54) is 16.7 Å². The lowest BCUT2D eigenvalue weighted by Crippen LogP contribution is -2.03. The third-order valence-corrected chi connectivity index (χ3v) is 5.15. The number of aromatic nitrogens is 2. The van der Waals surface area contributed by atoms with Gasteiger partial charge in [-0.1, -0.05) is 35.4 Å². The second kappa shape index (κ2) is 10.6. The molecule has 5 heteroatoms. The molecule has 1 aromatic heterocycles. The second-order valence-electron chi connectivity index (χ2n) is 7.89. The Morgan fingerprint density at radius 1 is 1.00 bits per heavy atom. The first kappa shape index (κ1) is 22.3. The van der Waals surface area contributed by atoms with E-state index in [0.29, 0.717) is 5.95 Å². The van der Waals surface area contributed by atoms with Gasteiger partial charge in [0, 0.05) is 18.1 Å². The second-order valence-corrected chi connectivity index (χ2v) is 7.89. The minimum absolute atomic E-state index is 0.592. The number of methoxy groups -OCH3 is 1. The van der Waals surface area contributed by atoms with Gasteiger partial charge < -0.3 is 15.4 Å². The Hall–Kier alpha value is -3.34. The van der Waals surface area contributed by atoms with Gasteiger partial charge in [0.15, 0.2) is 0 Å². The Bertz CT molecular complexity index is 1080.